The lowest BCUT2D eigenvalue weighted by Gasteiger charge is -2.21. The van der Waals surface area contributed by atoms with E-state index in [0.29, 0.717) is 5.52 Å². The Bertz CT molecular complexity index is 1000. The summed E-state index contributed by atoms with van der Waals surface area (Å²) in [4.78, 5) is 8.87. The van der Waals surface area contributed by atoms with Gasteiger partial charge in [0.05, 0.1) is 6.04 Å². The van der Waals surface area contributed by atoms with E-state index in [2.05, 4.69) is 26.7 Å². The van der Waals surface area contributed by atoms with Crippen LogP contribution in [-0.2, 0) is 0 Å². The molecule has 2 N–H and O–H groups in total. The molecule has 4 rings (SSSR count). The maximum Gasteiger partial charge on any atom is 0.147 e. The van der Waals surface area contributed by atoms with Crippen molar-refractivity contribution in [3.8, 4) is 5.75 Å². The summed E-state index contributed by atoms with van der Waals surface area (Å²) in [6.45, 7) is 1.92. The van der Waals surface area contributed by atoms with Crippen LogP contribution in [0.1, 0.15) is 22.9 Å². The topological polar surface area (TPSA) is 58.0 Å². The van der Waals surface area contributed by atoms with Crippen molar-refractivity contribution in [1.29, 1.82) is 0 Å². The van der Waals surface area contributed by atoms with E-state index in [-0.39, 0.29) is 11.8 Å². The van der Waals surface area contributed by atoms with E-state index in [4.69, 9.17) is 0 Å². The van der Waals surface area contributed by atoms with Gasteiger partial charge in [0.1, 0.15) is 17.1 Å². The zero-order valence-corrected chi connectivity index (χ0v) is 14.5. The normalized spacial score (nSPS) is 12.2. The molecule has 0 aliphatic rings. The van der Waals surface area contributed by atoms with Crippen LogP contribution >= 0.6 is 11.3 Å². The average molecular weight is 347 g/mol. The Labute approximate surface area is 149 Å². The van der Waals surface area contributed by atoms with Gasteiger partial charge in [-0.2, -0.15) is 11.3 Å². The highest BCUT2D eigenvalue weighted by molar-refractivity contribution is 7.08. The summed E-state index contributed by atoms with van der Waals surface area (Å²) in [5, 5.41) is 19.4. The van der Waals surface area contributed by atoms with Crippen LogP contribution in [0.3, 0.4) is 0 Å². The number of nitrogens with zero attached hydrogens (tertiary/aromatic N) is 2. The maximum atomic E-state index is 10.9. The van der Waals surface area contributed by atoms with Crippen LogP contribution in [-0.4, -0.2) is 15.1 Å². The second kappa shape index (κ2) is 6.53. The Kier molecular flexibility index (Phi) is 4.07. The number of aryl methyl sites for hydroxylation is 1. The molecular formula is C20H17N3OS. The molecule has 25 heavy (non-hydrogen) atoms. The Morgan fingerprint density at radius 1 is 1.08 bits per heavy atom. The fourth-order valence-corrected chi connectivity index (χ4v) is 3.58. The summed E-state index contributed by atoms with van der Waals surface area (Å²) >= 11 is 1.63. The first-order valence-corrected chi connectivity index (χ1v) is 8.95. The standard InChI is InChI=1S/C20H17N3OS/c1-13-5-6-14-7-8-16(20(24)19(14)22-13)18(15-9-11-25-12-15)23-17-4-2-3-10-21-17/h2-12,18,24H,1H3,(H,21,23)/t18-/m0/s1. The molecule has 4 nitrogen and oxygen atoms in total. The molecular weight excluding hydrogens is 330 g/mol. The monoisotopic (exact) mass is 347 g/mol. The highest BCUT2D eigenvalue weighted by Gasteiger charge is 2.20. The van der Waals surface area contributed by atoms with Crippen LogP contribution in [0.2, 0.25) is 0 Å². The van der Waals surface area contributed by atoms with Crippen molar-refractivity contribution in [3.05, 3.63) is 82.3 Å². The number of phenols is 1. The number of benzene rings is 1. The van der Waals surface area contributed by atoms with Crippen LogP contribution in [0, 0.1) is 6.92 Å². The van der Waals surface area contributed by atoms with Gasteiger partial charge >= 0.3 is 0 Å². The number of fused-ring (bicyclic) bond motifs is 1. The van der Waals surface area contributed by atoms with Crippen molar-refractivity contribution < 1.29 is 5.11 Å². The summed E-state index contributed by atoms with van der Waals surface area (Å²) in [6, 6.07) is 15.5. The van der Waals surface area contributed by atoms with Crippen LogP contribution in [0.4, 0.5) is 5.82 Å². The van der Waals surface area contributed by atoms with Gasteiger partial charge in [-0.1, -0.05) is 24.3 Å². The number of nitrogens with one attached hydrogen (secondary N) is 1. The molecule has 0 spiro atoms. The minimum atomic E-state index is -0.201. The molecule has 3 aromatic heterocycles. The molecule has 0 saturated carbocycles. The molecule has 0 aliphatic heterocycles. The predicted octanol–water partition coefficient (Wildman–Crippen LogP) is 4.91. The summed E-state index contributed by atoms with van der Waals surface area (Å²) in [5.41, 5.74) is 3.37. The zero-order valence-electron chi connectivity index (χ0n) is 13.7. The van der Waals surface area contributed by atoms with Gasteiger partial charge < -0.3 is 10.4 Å². The van der Waals surface area contributed by atoms with Gasteiger partial charge in [-0.05, 0) is 47.5 Å². The van der Waals surface area contributed by atoms with Gasteiger partial charge in [0.2, 0.25) is 0 Å². The zero-order chi connectivity index (χ0) is 17.2. The van der Waals surface area contributed by atoms with Gasteiger partial charge in [0.25, 0.3) is 0 Å². The first-order valence-electron chi connectivity index (χ1n) is 8.01. The number of rotatable bonds is 4. The van der Waals surface area contributed by atoms with Crippen LogP contribution in [0.5, 0.6) is 5.75 Å². The second-order valence-electron chi connectivity index (χ2n) is 5.88. The molecule has 0 fully saturated rings. The Balaban J connectivity index is 1.84. The Hall–Kier alpha value is -2.92. The van der Waals surface area contributed by atoms with Crippen molar-refractivity contribution in [3.63, 3.8) is 0 Å². The third-order valence-corrected chi connectivity index (χ3v) is 4.85. The second-order valence-corrected chi connectivity index (χ2v) is 6.66. The molecule has 0 unspecified atom stereocenters. The lowest BCUT2D eigenvalue weighted by molar-refractivity contribution is 0.471. The van der Waals surface area contributed by atoms with Gasteiger partial charge in [-0.3, -0.25) is 0 Å². The third-order valence-electron chi connectivity index (χ3n) is 4.15. The van der Waals surface area contributed by atoms with E-state index in [0.717, 1.165) is 28.0 Å². The Morgan fingerprint density at radius 3 is 2.72 bits per heavy atom. The van der Waals surface area contributed by atoms with Crippen LogP contribution in [0.15, 0.2) is 65.5 Å². The summed E-state index contributed by atoms with van der Waals surface area (Å²) in [7, 11) is 0. The van der Waals surface area contributed by atoms with Crippen molar-refractivity contribution in [2.75, 3.05) is 5.32 Å². The smallest absolute Gasteiger partial charge is 0.147 e. The summed E-state index contributed by atoms with van der Waals surface area (Å²) in [6.07, 6.45) is 1.75. The number of pyridine rings is 2. The summed E-state index contributed by atoms with van der Waals surface area (Å²) < 4.78 is 0. The molecule has 1 aromatic carbocycles. The van der Waals surface area contributed by atoms with E-state index in [9.17, 15) is 5.11 Å². The molecule has 5 heteroatoms. The lowest BCUT2D eigenvalue weighted by atomic mass is 9.98. The van der Waals surface area contributed by atoms with E-state index < -0.39 is 0 Å². The SMILES string of the molecule is Cc1ccc2ccc([C@@H](Nc3ccccn3)c3ccsc3)c(O)c2n1. The minimum Gasteiger partial charge on any atom is -0.505 e. The van der Waals surface area contributed by atoms with Gasteiger partial charge in [0, 0.05) is 22.8 Å². The van der Waals surface area contributed by atoms with Crippen molar-refractivity contribution in [2.24, 2.45) is 0 Å². The van der Waals surface area contributed by atoms with Gasteiger partial charge in [0.15, 0.2) is 0 Å². The average Bonchev–Trinajstić information content (AvgIpc) is 3.16. The number of aromatic hydroxyl groups is 1. The maximum absolute atomic E-state index is 10.9. The fourth-order valence-electron chi connectivity index (χ4n) is 2.90. The quantitative estimate of drug-likeness (QED) is 0.551. The number of hydrogen-bond donors (Lipinski definition) is 2. The largest absolute Gasteiger partial charge is 0.505 e. The Morgan fingerprint density at radius 2 is 1.96 bits per heavy atom. The first-order chi connectivity index (χ1) is 12.2. The third kappa shape index (κ3) is 3.06. The molecule has 1 atom stereocenters. The highest BCUT2D eigenvalue weighted by atomic mass is 32.1. The van der Waals surface area contributed by atoms with Crippen LogP contribution in [0.25, 0.3) is 10.9 Å². The molecule has 0 radical (unpaired) electrons. The minimum absolute atomic E-state index is 0.201. The predicted molar refractivity (Wildman–Crippen MR) is 102 cm³/mol. The molecule has 0 amide bonds. The van der Waals surface area contributed by atoms with Crippen molar-refractivity contribution in [2.45, 2.75) is 13.0 Å². The molecule has 0 bridgehead atoms. The molecule has 4 aromatic rings. The van der Waals surface area contributed by atoms with Gasteiger partial charge in [-0.15, -0.1) is 0 Å². The number of phenolic OH excluding ortho intramolecular Hbond substituents is 1. The molecule has 124 valence electrons. The van der Waals surface area contributed by atoms with Crippen molar-refractivity contribution >= 4 is 28.1 Å². The van der Waals surface area contributed by atoms with E-state index in [1.165, 1.54) is 0 Å². The number of aromatic nitrogens is 2. The summed E-state index contributed by atoms with van der Waals surface area (Å²) in [5.74, 6) is 0.969. The first kappa shape index (κ1) is 15.6. The molecule has 0 saturated heterocycles. The number of hydrogen-bond acceptors (Lipinski definition) is 5. The van der Waals surface area contributed by atoms with Gasteiger partial charge in [-0.25, -0.2) is 9.97 Å². The molecule has 0 aliphatic carbocycles. The van der Waals surface area contributed by atoms with E-state index >= 15 is 0 Å². The fraction of sp³-hybridized carbons (Fsp3) is 0.100. The number of thiophene rings is 1. The number of anilines is 1. The highest BCUT2D eigenvalue weighted by Crippen LogP contribution is 2.36. The van der Waals surface area contributed by atoms with Crippen LogP contribution < -0.4 is 5.32 Å². The van der Waals surface area contributed by atoms with E-state index in [1.807, 2.05) is 54.8 Å². The molecule has 3 heterocycles. The lowest BCUT2D eigenvalue weighted by Crippen LogP contribution is -2.13. The van der Waals surface area contributed by atoms with E-state index in [1.54, 1.807) is 17.5 Å². The van der Waals surface area contributed by atoms with Crippen molar-refractivity contribution in [1.82, 2.24) is 9.97 Å².